The van der Waals surface area contributed by atoms with Gasteiger partial charge in [-0.2, -0.15) is 13.2 Å². The maximum atomic E-state index is 13.0. The molecule has 1 fully saturated rings. The highest BCUT2D eigenvalue weighted by molar-refractivity contribution is 6.31. The van der Waals surface area contributed by atoms with Crippen LogP contribution in [-0.4, -0.2) is 45.5 Å². The van der Waals surface area contributed by atoms with E-state index in [4.69, 9.17) is 16.3 Å². The van der Waals surface area contributed by atoms with Gasteiger partial charge in [-0.05, 0) is 62.6 Å². The van der Waals surface area contributed by atoms with Crippen LogP contribution in [0.5, 0.6) is 5.75 Å². The molecule has 11 heteroatoms. The van der Waals surface area contributed by atoms with Gasteiger partial charge in [0.2, 0.25) is 0 Å². The largest absolute Gasteiger partial charge is 0.478 e. The molecule has 0 radical (unpaired) electrons. The van der Waals surface area contributed by atoms with Gasteiger partial charge in [-0.25, -0.2) is 9.59 Å². The molecule has 0 aliphatic carbocycles. The van der Waals surface area contributed by atoms with Gasteiger partial charge in [-0.3, -0.25) is 9.80 Å². The number of hydrogen-bond acceptors (Lipinski definition) is 4. The van der Waals surface area contributed by atoms with Crippen molar-refractivity contribution in [2.24, 2.45) is 0 Å². The molecule has 2 N–H and O–H groups in total. The fourth-order valence-corrected chi connectivity index (χ4v) is 3.98. The van der Waals surface area contributed by atoms with E-state index in [2.05, 4.69) is 0 Å². The Labute approximate surface area is 199 Å². The number of aliphatic hydroxyl groups excluding tert-OH is 1. The number of aliphatic carboxylic acids is 1. The van der Waals surface area contributed by atoms with Crippen LogP contribution in [0.3, 0.4) is 0 Å². The number of benzene rings is 2. The number of hydrogen-bond donors (Lipinski definition) is 2. The molecule has 184 valence electrons. The molecule has 0 aromatic heterocycles. The number of nitrogens with zero attached hydrogens (tertiary/aromatic N) is 2. The van der Waals surface area contributed by atoms with Gasteiger partial charge in [0.15, 0.2) is 5.60 Å². The normalized spacial score (nSPS) is 16.9. The minimum Gasteiger partial charge on any atom is -0.478 e. The van der Waals surface area contributed by atoms with Gasteiger partial charge >= 0.3 is 18.2 Å². The molecule has 0 spiro atoms. The highest BCUT2D eigenvalue weighted by Crippen LogP contribution is 2.37. The number of urea groups is 1. The Morgan fingerprint density at radius 3 is 2.26 bits per heavy atom. The number of carbonyl (C=O) groups excluding carboxylic acids is 1. The molecule has 2 amide bonds. The lowest BCUT2D eigenvalue weighted by Gasteiger charge is -2.25. The van der Waals surface area contributed by atoms with Gasteiger partial charge in [-0.15, -0.1) is 0 Å². The summed E-state index contributed by atoms with van der Waals surface area (Å²) < 4.78 is 44.6. The van der Waals surface area contributed by atoms with Crippen LogP contribution < -0.4 is 9.64 Å². The molecule has 3 rings (SSSR count). The van der Waals surface area contributed by atoms with Crippen LogP contribution >= 0.6 is 11.6 Å². The first-order valence-electron chi connectivity index (χ1n) is 10.3. The van der Waals surface area contributed by atoms with Crippen molar-refractivity contribution in [3.05, 3.63) is 57.6 Å². The van der Waals surface area contributed by atoms with E-state index in [9.17, 15) is 33.0 Å². The first-order valence-corrected chi connectivity index (χ1v) is 10.6. The smallest absolute Gasteiger partial charge is 0.417 e. The van der Waals surface area contributed by atoms with Crippen molar-refractivity contribution in [3.8, 4) is 5.75 Å². The van der Waals surface area contributed by atoms with E-state index in [1.165, 1.54) is 18.7 Å². The third-order valence-corrected chi connectivity index (χ3v) is 5.81. The second-order valence-electron chi connectivity index (χ2n) is 8.64. The number of alkyl halides is 3. The van der Waals surface area contributed by atoms with Crippen LogP contribution in [0.25, 0.3) is 0 Å². The molecule has 2 aromatic carbocycles. The molecule has 0 bridgehead atoms. The maximum Gasteiger partial charge on any atom is 0.417 e. The number of aliphatic hydroxyl groups is 1. The van der Waals surface area contributed by atoms with Crippen LogP contribution in [0.15, 0.2) is 30.3 Å². The summed E-state index contributed by atoms with van der Waals surface area (Å²) in [4.78, 5) is 26.7. The number of carbonyl (C=O) groups is 2. The van der Waals surface area contributed by atoms with Crippen LogP contribution in [0, 0.1) is 13.8 Å². The summed E-state index contributed by atoms with van der Waals surface area (Å²) in [6.07, 6.45) is -5.82. The van der Waals surface area contributed by atoms with Gasteiger partial charge in [0, 0.05) is 5.69 Å². The van der Waals surface area contributed by atoms with Gasteiger partial charge in [0.05, 0.1) is 23.7 Å². The predicted molar refractivity (Wildman–Crippen MR) is 119 cm³/mol. The summed E-state index contributed by atoms with van der Waals surface area (Å²) in [7, 11) is 0. The zero-order valence-electron chi connectivity index (χ0n) is 18.9. The third kappa shape index (κ3) is 5.07. The molecule has 1 saturated heterocycles. The third-order valence-electron chi connectivity index (χ3n) is 5.50. The predicted octanol–water partition coefficient (Wildman–Crippen LogP) is 4.98. The fraction of sp³-hybridized carbons (Fsp3) is 0.391. The average Bonchev–Trinajstić information content (AvgIpc) is 2.98. The molecule has 1 aliphatic heterocycles. The Balaban J connectivity index is 1.81. The number of aryl methyl sites for hydroxylation is 2. The number of anilines is 1. The first-order chi connectivity index (χ1) is 15.6. The maximum absolute atomic E-state index is 13.0. The van der Waals surface area contributed by atoms with E-state index in [1.807, 2.05) is 0 Å². The minimum atomic E-state index is -4.62. The van der Waals surface area contributed by atoms with Crippen LogP contribution in [0.2, 0.25) is 5.02 Å². The monoisotopic (exact) mass is 500 g/mol. The summed E-state index contributed by atoms with van der Waals surface area (Å²) in [5, 5.41) is 19.2. The molecular formula is C23H24ClF3N2O5. The molecule has 1 aliphatic rings. The molecule has 34 heavy (non-hydrogen) atoms. The summed E-state index contributed by atoms with van der Waals surface area (Å²) >= 11 is 5.77. The zero-order chi connectivity index (χ0) is 25.6. The standard InChI is InChI=1S/C23H24ClF3N2O5/c1-12-7-14(8-13(2)19(12)34-22(3,4)20(31)32)10-29-18(30)11-28(21(29)33)15-5-6-16(17(24)9-15)23(25,26)27/h5-9,18,30H,10-11H2,1-4H3,(H,31,32). The number of carboxylic acid groups (broad SMARTS) is 1. The van der Waals surface area contributed by atoms with Gasteiger partial charge in [0.1, 0.15) is 12.0 Å². The van der Waals surface area contributed by atoms with Gasteiger partial charge in [-0.1, -0.05) is 23.7 Å². The summed E-state index contributed by atoms with van der Waals surface area (Å²) in [6.45, 7) is 6.22. The first kappa shape index (κ1) is 25.6. The minimum absolute atomic E-state index is 0.0230. The number of rotatable bonds is 6. The Morgan fingerprint density at radius 2 is 1.76 bits per heavy atom. The topological polar surface area (TPSA) is 90.3 Å². The van der Waals surface area contributed by atoms with E-state index >= 15 is 0 Å². The lowest BCUT2D eigenvalue weighted by Crippen LogP contribution is -2.38. The molecular weight excluding hydrogens is 477 g/mol. The van der Waals surface area contributed by atoms with Crippen LogP contribution in [-0.2, 0) is 17.5 Å². The van der Waals surface area contributed by atoms with E-state index in [-0.39, 0.29) is 18.8 Å². The zero-order valence-corrected chi connectivity index (χ0v) is 19.7. The number of amides is 2. The molecule has 1 heterocycles. The van der Waals surface area contributed by atoms with Crippen molar-refractivity contribution in [1.29, 1.82) is 0 Å². The second kappa shape index (κ2) is 8.99. The number of ether oxygens (including phenoxy) is 1. The van der Waals surface area contributed by atoms with E-state index in [0.29, 0.717) is 22.4 Å². The second-order valence-corrected chi connectivity index (χ2v) is 9.05. The lowest BCUT2D eigenvalue weighted by molar-refractivity contribution is -0.152. The van der Waals surface area contributed by atoms with Crippen molar-refractivity contribution in [1.82, 2.24) is 4.90 Å². The van der Waals surface area contributed by atoms with Crippen LogP contribution in [0.1, 0.15) is 36.1 Å². The SMILES string of the molecule is Cc1cc(CN2C(=O)N(c3ccc(C(F)(F)F)c(Cl)c3)CC2O)cc(C)c1OC(C)(C)C(=O)O. The number of carboxylic acids is 1. The number of β-amino-alcohol motifs (C(OH)–C–C–N with tert-alkyl or cyclic N) is 1. The van der Waals surface area contributed by atoms with E-state index < -0.39 is 40.6 Å². The van der Waals surface area contributed by atoms with Crippen molar-refractivity contribution in [2.45, 2.75) is 52.2 Å². The fourth-order valence-electron chi connectivity index (χ4n) is 3.70. The summed E-state index contributed by atoms with van der Waals surface area (Å²) in [6, 6.07) is 5.82. The highest BCUT2D eigenvalue weighted by Gasteiger charge is 2.39. The lowest BCUT2D eigenvalue weighted by atomic mass is 10.0. The quantitative estimate of drug-likeness (QED) is 0.584. The molecule has 2 aromatic rings. The summed E-state index contributed by atoms with van der Waals surface area (Å²) in [5.41, 5.74) is -0.358. The summed E-state index contributed by atoms with van der Waals surface area (Å²) in [5.74, 6) is -0.713. The van der Waals surface area contributed by atoms with Crippen molar-refractivity contribution in [2.75, 3.05) is 11.4 Å². The Hall–Kier alpha value is -2.98. The Kier molecular flexibility index (Phi) is 6.78. The molecule has 1 unspecified atom stereocenters. The Bertz CT molecular complexity index is 1110. The highest BCUT2D eigenvalue weighted by atomic mass is 35.5. The van der Waals surface area contributed by atoms with Crippen LogP contribution in [0.4, 0.5) is 23.7 Å². The van der Waals surface area contributed by atoms with E-state index in [0.717, 1.165) is 23.1 Å². The van der Waals surface area contributed by atoms with Crippen molar-refractivity contribution < 1.29 is 37.7 Å². The molecule has 1 atom stereocenters. The average molecular weight is 501 g/mol. The number of halogens is 4. The van der Waals surface area contributed by atoms with Gasteiger partial charge < -0.3 is 14.9 Å². The van der Waals surface area contributed by atoms with Crippen molar-refractivity contribution in [3.63, 3.8) is 0 Å². The molecule has 7 nitrogen and oxygen atoms in total. The van der Waals surface area contributed by atoms with Gasteiger partial charge in [0.25, 0.3) is 0 Å². The van der Waals surface area contributed by atoms with Crippen molar-refractivity contribution >= 4 is 29.3 Å². The molecule has 0 saturated carbocycles. The van der Waals surface area contributed by atoms with E-state index in [1.54, 1.807) is 26.0 Å². The Morgan fingerprint density at radius 1 is 1.18 bits per heavy atom.